The molecule has 2 amide bonds. The van der Waals surface area contributed by atoms with Crippen LogP contribution in [0.4, 0.5) is 0 Å². The molecule has 150 valence electrons. The van der Waals surface area contributed by atoms with Gasteiger partial charge in [0, 0.05) is 25.1 Å². The number of nitrogens with one attached hydrogen (secondary N) is 1. The minimum Gasteiger partial charge on any atom is -0.485 e. The Kier molecular flexibility index (Phi) is 5.65. The summed E-state index contributed by atoms with van der Waals surface area (Å²) < 4.78 is 6.22. The topological polar surface area (TPSA) is 58.6 Å². The number of benzene rings is 2. The van der Waals surface area contributed by atoms with Crippen LogP contribution in [0.1, 0.15) is 42.5 Å². The van der Waals surface area contributed by atoms with Crippen molar-refractivity contribution in [1.29, 1.82) is 0 Å². The van der Waals surface area contributed by atoms with Crippen LogP contribution in [0.3, 0.4) is 0 Å². The van der Waals surface area contributed by atoms with Gasteiger partial charge in [-0.15, -0.1) is 0 Å². The van der Waals surface area contributed by atoms with Crippen molar-refractivity contribution >= 4 is 11.8 Å². The number of likely N-dealkylation sites (tertiary alicyclic amines) is 1. The smallest absolute Gasteiger partial charge is 0.245 e. The zero-order valence-electron chi connectivity index (χ0n) is 16.4. The van der Waals surface area contributed by atoms with Gasteiger partial charge in [0.2, 0.25) is 11.8 Å². The molecule has 1 N–H and O–H groups in total. The number of carbonyl (C=O) groups excluding carboxylic acids is 2. The number of carbonyl (C=O) groups is 2. The van der Waals surface area contributed by atoms with Gasteiger partial charge in [-0.05, 0) is 30.5 Å². The predicted molar refractivity (Wildman–Crippen MR) is 111 cm³/mol. The first-order valence-corrected chi connectivity index (χ1v) is 10.2. The lowest BCUT2D eigenvalue weighted by molar-refractivity contribution is -0.132. The van der Waals surface area contributed by atoms with E-state index < -0.39 is 0 Å². The third-order valence-corrected chi connectivity index (χ3v) is 5.78. The van der Waals surface area contributed by atoms with Gasteiger partial charge in [-0.3, -0.25) is 9.59 Å². The number of piperidine rings is 1. The minimum atomic E-state index is -0.196. The van der Waals surface area contributed by atoms with Gasteiger partial charge >= 0.3 is 0 Å². The van der Waals surface area contributed by atoms with Crippen LogP contribution in [0.2, 0.25) is 0 Å². The first-order valence-electron chi connectivity index (χ1n) is 10.2. The van der Waals surface area contributed by atoms with Gasteiger partial charge in [-0.1, -0.05) is 55.1 Å². The molecule has 0 radical (unpaired) electrons. The van der Waals surface area contributed by atoms with Crippen LogP contribution in [0, 0.1) is 5.92 Å². The van der Waals surface area contributed by atoms with E-state index >= 15 is 0 Å². The molecule has 2 aromatic carbocycles. The summed E-state index contributed by atoms with van der Waals surface area (Å²) in [4.78, 5) is 26.7. The second kappa shape index (κ2) is 8.52. The highest BCUT2D eigenvalue weighted by Gasteiger charge is 2.33. The SMILES string of the molecule is C=CC(=O)N1CCCC(C(=O)N[C@@H]2C[C@@H](c3ccccc3)Oc3ccccc32)C1. The molecule has 2 aromatic rings. The average molecular weight is 390 g/mol. The molecule has 3 atom stereocenters. The van der Waals surface area contributed by atoms with Gasteiger partial charge in [-0.25, -0.2) is 0 Å². The second-order valence-corrected chi connectivity index (χ2v) is 7.68. The molecule has 4 rings (SSSR count). The Hall–Kier alpha value is -3.08. The van der Waals surface area contributed by atoms with Crippen LogP contribution in [-0.2, 0) is 9.59 Å². The van der Waals surface area contributed by atoms with Gasteiger partial charge < -0.3 is 15.0 Å². The first kappa shape index (κ1) is 19.2. The third kappa shape index (κ3) is 4.19. The molecule has 2 heterocycles. The molecule has 5 nitrogen and oxygen atoms in total. The number of rotatable bonds is 4. The standard InChI is InChI=1S/C24H26N2O3/c1-2-23(27)26-14-8-11-18(16-26)24(28)25-20-15-22(17-9-4-3-5-10-17)29-21-13-7-6-12-19(20)21/h2-7,9-10,12-13,18,20,22H,1,8,11,14-16H2,(H,25,28)/t18?,20-,22+/m1/s1. The van der Waals surface area contributed by atoms with Crippen molar-refractivity contribution in [2.75, 3.05) is 13.1 Å². The van der Waals surface area contributed by atoms with Crippen molar-refractivity contribution in [3.63, 3.8) is 0 Å². The molecule has 0 aromatic heterocycles. The summed E-state index contributed by atoms with van der Waals surface area (Å²) in [7, 11) is 0. The Morgan fingerprint density at radius 2 is 1.86 bits per heavy atom. The molecule has 0 aliphatic carbocycles. The van der Waals surface area contributed by atoms with Crippen molar-refractivity contribution in [3.05, 3.63) is 78.4 Å². The van der Waals surface area contributed by atoms with Crippen LogP contribution in [0.5, 0.6) is 5.75 Å². The van der Waals surface area contributed by atoms with E-state index in [4.69, 9.17) is 4.74 Å². The van der Waals surface area contributed by atoms with Gasteiger partial charge in [0.1, 0.15) is 11.9 Å². The molecule has 1 saturated heterocycles. The molecule has 29 heavy (non-hydrogen) atoms. The molecular weight excluding hydrogens is 364 g/mol. The Labute approximate surface area is 171 Å². The number of ether oxygens (including phenoxy) is 1. The number of nitrogens with zero attached hydrogens (tertiary/aromatic N) is 1. The summed E-state index contributed by atoms with van der Waals surface area (Å²) in [6.45, 7) is 4.69. The molecule has 1 fully saturated rings. The number of hydrogen-bond donors (Lipinski definition) is 1. The molecule has 0 saturated carbocycles. The van der Waals surface area contributed by atoms with Crippen LogP contribution in [0.15, 0.2) is 67.3 Å². The Bertz CT molecular complexity index is 896. The van der Waals surface area contributed by atoms with Crippen molar-refractivity contribution in [1.82, 2.24) is 10.2 Å². The molecule has 2 aliphatic heterocycles. The zero-order chi connectivity index (χ0) is 20.2. The Balaban J connectivity index is 1.51. The lowest BCUT2D eigenvalue weighted by atomic mass is 9.91. The van der Waals surface area contributed by atoms with Gasteiger partial charge in [0.15, 0.2) is 0 Å². The van der Waals surface area contributed by atoms with Crippen LogP contribution in [0.25, 0.3) is 0 Å². The Morgan fingerprint density at radius 3 is 2.66 bits per heavy atom. The largest absolute Gasteiger partial charge is 0.485 e. The molecule has 2 aliphatic rings. The van der Waals surface area contributed by atoms with E-state index in [1.165, 1.54) is 6.08 Å². The van der Waals surface area contributed by atoms with E-state index in [9.17, 15) is 9.59 Å². The number of para-hydroxylation sites is 1. The molecule has 5 heteroatoms. The van der Waals surface area contributed by atoms with E-state index in [1.807, 2.05) is 42.5 Å². The van der Waals surface area contributed by atoms with E-state index in [0.29, 0.717) is 19.5 Å². The Morgan fingerprint density at radius 1 is 1.10 bits per heavy atom. The fraction of sp³-hybridized carbons (Fsp3) is 0.333. The van der Waals surface area contributed by atoms with Gasteiger partial charge in [0.05, 0.1) is 12.0 Å². The summed E-state index contributed by atoms with van der Waals surface area (Å²) in [6.07, 6.45) is 3.50. The summed E-state index contributed by atoms with van der Waals surface area (Å²) in [5.74, 6) is 0.506. The molecule has 0 spiro atoms. The molecular formula is C24H26N2O3. The van der Waals surface area contributed by atoms with E-state index in [0.717, 1.165) is 29.7 Å². The lowest BCUT2D eigenvalue weighted by Gasteiger charge is -2.35. The maximum Gasteiger partial charge on any atom is 0.245 e. The van der Waals surface area contributed by atoms with E-state index in [2.05, 4.69) is 24.0 Å². The normalized spacial score (nSPS) is 23.4. The van der Waals surface area contributed by atoms with Gasteiger partial charge in [0.25, 0.3) is 0 Å². The second-order valence-electron chi connectivity index (χ2n) is 7.68. The highest BCUT2D eigenvalue weighted by Crippen LogP contribution is 2.40. The van der Waals surface area contributed by atoms with E-state index in [-0.39, 0.29) is 29.9 Å². The predicted octanol–water partition coefficient (Wildman–Crippen LogP) is 3.79. The summed E-state index contributed by atoms with van der Waals surface area (Å²) in [6, 6.07) is 17.8. The summed E-state index contributed by atoms with van der Waals surface area (Å²) in [5, 5.41) is 3.24. The fourth-order valence-corrected chi connectivity index (χ4v) is 4.24. The number of amides is 2. The average Bonchev–Trinajstić information content (AvgIpc) is 2.79. The number of hydrogen-bond acceptors (Lipinski definition) is 3. The number of fused-ring (bicyclic) bond motifs is 1. The van der Waals surface area contributed by atoms with Crippen molar-refractivity contribution in [2.45, 2.75) is 31.4 Å². The summed E-state index contributed by atoms with van der Waals surface area (Å²) >= 11 is 0. The minimum absolute atomic E-state index is 0.0000713. The zero-order valence-corrected chi connectivity index (χ0v) is 16.4. The first-order chi connectivity index (χ1) is 14.2. The van der Waals surface area contributed by atoms with Crippen molar-refractivity contribution in [2.24, 2.45) is 5.92 Å². The molecule has 1 unspecified atom stereocenters. The fourth-order valence-electron chi connectivity index (χ4n) is 4.24. The van der Waals surface area contributed by atoms with Crippen molar-refractivity contribution < 1.29 is 14.3 Å². The maximum absolute atomic E-state index is 13.1. The highest BCUT2D eigenvalue weighted by molar-refractivity contribution is 5.88. The van der Waals surface area contributed by atoms with Crippen LogP contribution in [-0.4, -0.2) is 29.8 Å². The third-order valence-electron chi connectivity index (χ3n) is 5.78. The summed E-state index contributed by atoms with van der Waals surface area (Å²) in [5.41, 5.74) is 2.10. The molecule has 0 bridgehead atoms. The van der Waals surface area contributed by atoms with E-state index in [1.54, 1.807) is 4.90 Å². The van der Waals surface area contributed by atoms with Crippen molar-refractivity contribution in [3.8, 4) is 5.75 Å². The monoisotopic (exact) mass is 390 g/mol. The highest BCUT2D eigenvalue weighted by atomic mass is 16.5. The van der Waals surface area contributed by atoms with Crippen LogP contribution < -0.4 is 10.1 Å². The lowest BCUT2D eigenvalue weighted by Crippen LogP contribution is -2.46. The van der Waals surface area contributed by atoms with Gasteiger partial charge in [-0.2, -0.15) is 0 Å². The maximum atomic E-state index is 13.1. The van der Waals surface area contributed by atoms with Crippen LogP contribution >= 0.6 is 0 Å². The quantitative estimate of drug-likeness (QED) is 0.808.